The van der Waals surface area contributed by atoms with E-state index in [4.69, 9.17) is 16.3 Å². The highest BCUT2D eigenvalue weighted by Crippen LogP contribution is 2.12. The van der Waals surface area contributed by atoms with Gasteiger partial charge >= 0.3 is 0 Å². The van der Waals surface area contributed by atoms with Crippen LogP contribution >= 0.6 is 11.6 Å². The number of hydrogen-bond acceptors (Lipinski definition) is 3. The largest absolute Gasteiger partial charge is 0.383 e. The number of carbonyl (C=O) groups is 1. The molecule has 6 heteroatoms. The molecule has 1 aromatic carbocycles. The minimum absolute atomic E-state index is 0.0599. The number of halogens is 1. The fourth-order valence-corrected chi connectivity index (χ4v) is 2.62. The molecule has 1 heterocycles. The summed E-state index contributed by atoms with van der Waals surface area (Å²) in [6, 6.07) is 10.4. The molecule has 0 saturated heterocycles. The molecule has 0 saturated carbocycles. The van der Waals surface area contributed by atoms with Gasteiger partial charge in [0.15, 0.2) is 0 Å². The van der Waals surface area contributed by atoms with Crippen molar-refractivity contribution in [1.29, 1.82) is 0 Å². The lowest BCUT2D eigenvalue weighted by Crippen LogP contribution is -2.35. The van der Waals surface area contributed by atoms with Crippen molar-refractivity contribution in [2.75, 3.05) is 13.7 Å². The van der Waals surface area contributed by atoms with Crippen LogP contribution in [0.3, 0.4) is 0 Å². The highest BCUT2D eigenvalue weighted by atomic mass is 35.5. The molecule has 1 N–H and O–H groups in total. The Bertz CT molecular complexity index is 758. The fraction of sp³-hybridized carbons (Fsp3) is 0.333. The fourth-order valence-electron chi connectivity index (χ4n) is 2.41. The first kappa shape index (κ1) is 18.2. The standard InChI is InChI=1S/C18H21ClN2O3/c1-13(10-14-4-3-5-16(19)11-14)20-18(23)15-6-7-17(22)21(12-15)8-9-24-2/h3-7,11-13H,8-10H2,1-2H3,(H,20,23)/t13-/m1/s1. The minimum atomic E-state index is -0.212. The number of nitrogens with zero attached hydrogens (tertiary/aromatic N) is 1. The van der Waals surface area contributed by atoms with Gasteiger partial charge in [0.2, 0.25) is 0 Å². The maximum absolute atomic E-state index is 12.4. The highest BCUT2D eigenvalue weighted by Gasteiger charge is 2.12. The Morgan fingerprint density at radius 2 is 2.12 bits per heavy atom. The smallest absolute Gasteiger partial charge is 0.252 e. The van der Waals surface area contributed by atoms with E-state index in [1.54, 1.807) is 13.3 Å². The maximum atomic E-state index is 12.4. The minimum Gasteiger partial charge on any atom is -0.383 e. The van der Waals surface area contributed by atoms with Gasteiger partial charge in [-0.05, 0) is 37.1 Å². The van der Waals surface area contributed by atoms with Gasteiger partial charge in [0, 0.05) is 37.0 Å². The summed E-state index contributed by atoms with van der Waals surface area (Å²) in [5.41, 5.74) is 1.35. The Kier molecular flexibility index (Phi) is 6.58. The summed E-state index contributed by atoms with van der Waals surface area (Å²) in [6.45, 7) is 2.75. The van der Waals surface area contributed by atoms with Crippen molar-refractivity contribution in [3.63, 3.8) is 0 Å². The van der Waals surface area contributed by atoms with E-state index >= 15 is 0 Å². The zero-order valence-corrected chi connectivity index (χ0v) is 14.5. The number of ether oxygens (including phenoxy) is 1. The summed E-state index contributed by atoms with van der Waals surface area (Å²) in [6.07, 6.45) is 2.23. The van der Waals surface area contributed by atoms with Crippen LogP contribution in [0.5, 0.6) is 0 Å². The summed E-state index contributed by atoms with van der Waals surface area (Å²) >= 11 is 5.97. The number of nitrogens with one attached hydrogen (secondary N) is 1. The van der Waals surface area contributed by atoms with Crippen molar-refractivity contribution in [3.05, 3.63) is 69.1 Å². The first-order chi connectivity index (χ1) is 11.5. The maximum Gasteiger partial charge on any atom is 0.252 e. The van der Waals surface area contributed by atoms with E-state index < -0.39 is 0 Å². The van der Waals surface area contributed by atoms with Crippen LogP contribution in [-0.4, -0.2) is 30.2 Å². The van der Waals surface area contributed by atoms with Crippen LogP contribution in [-0.2, 0) is 17.7 Å². The van der Waals surface area contributed by atoms with E-state index in [0.29, 0.717) is 30.2 Å². The second-order valence-electron chi connectivity index (χ2n) is 5.65. The third kappa shape index (κ3) is 5.22. The van der Waals surface area contributed by atoms with Crippen LogP contribution in [0.4, 0.5) is 0 Å². The SMILES string of the molecule is COCCn1cc(C(=O)N[C@H](C)Cc2cccc(Cl)c2)ccc1=O. The van der Waals surface area contributed by atoms with Crippen LogP contribution in [0.25, 0.3) is 0 Å². The van der Waals surface area contributed by atoms with Crippen molar-refractivity contribution in [2.24, 2.45) is 0 Å². The lowest BCUT2D eigenvalue weighted by molar-refractivity contribution is 0.0939. The number of pyridine rings is 1. The Hall–Kier alpha value is -2.11. The summed E-state index contributed by atoms with van der Waals surface area (Å²) in [4.78, 5) is 24.1. The zero-order chi connectivity index (χ0) is 17.5. The number of amides is 1. The van der Waals surface area contributed by atoms with Crippen molar-refractivity contribution in [3.8, 4) is 0 Å². The van der Waals surface area contributed by atoms with Gasteiger partial charge in [-0.15, -0.1) is 0 Å². The molecule has 0 aliphatic rings. The van der Waals surface area contributed by atoms with Gasteiger partial charge in [-0.25, -0.2) is 0 Å². The van der Waals surface area contributed by atoms with Gasteiger partial charge in [0.25, 0.3) is 11.5 Å². The Balaban J connectivity index is 2.02. The van der Waals surface area contributed by atoms with Crippen molar-refractivity contribution in [1.82, 2.24) is 9.88 Å². The molecule has 5 nitrogen and oxygen atoms in total. The molecule has 24 heavy (non-hydrogen) atoms. The van der Waals surface area contributed by atoms with E-state index in [0.717, 1.165) is 5.56 Å². The van der Waals surface area contributed by atoms with Crippen LogP contribution in [0.1, 0.15) is 22.8 Å². The topological polar surface area (TPSA) is 60.3 Å². The van der Waals surface area contributed by atoms with Crippen molar-refractivity contribution in [2.45, 2.75) is 25.9 Å². The lowest BCUT2D eigenvalue weighted by Gasteiger charge is -2.15. The molecule has 0 spiro atoms. The molecule has 0 aliphatic carbocycles. The predicted molar refractivity (Wildman–Crippen MR) is 94.7 cm³/mol. The number of hydrogen-bond donors (Lipinski definition) is 1. The van der Waals surface area contributed by atoms with Crippen LogP contribution < -0.4 is 10.9 Å². The number of carbonyl (C=O) groups excluding carboxylic acids is 1. The molecular formula is C18H21ClN2O3. The molecule has 2 rings (SSSR count). The van der Waals surface area contributed by atoms with Crippen LogP contribution in [0.2, 0.25) is 5.02 Å². The van der Waals surface area contributed by atoms with Gasteiger partial charge in [0.05, 0.1) is 12.2 Å². The molecule has 0 radical (unpaired) electrons. The Labute approximate surface area is 146 Å². The van der Waals surface area contributed by atoms with E-state index in [9.17, 15) is 9.59 Å². The molecule has 0 fully saturated rings. The third-order valence-electron chi connectivity index (χ3n) is 3.59. The molecule has 2 aromatic rings. The average molecular weight is 349 g/mol. The average Bonchev–Trinajstić information content (AvgIpc) is 2.53. The third-order valence-corrected chi connectivity index (χ3v) is 3.83. The quantitative estimate of drug-likeness (QED) is 0.836. The van der Waals surface area contributed by atoms with Gasteiger partial charge in [-0.3, -0.25) is 9.59 Å². The normalized spacial score (nSPS) is 12.0. The van der Waals surface area contributed by atoms with Crippen LogP contribution in [0.15, 0.2) is 47.4 Å². The van der Waals surface area contributed by atoms with Gasteiger partial charge in [-0.2, -0.15) is 0 Å². The molecule has 128 valence electrons. The zero-order valence-electron chi connectivity index (χ0n) is 13.8. The molecule has 1 aromatic heterocycles. The number of methoxy groups -OCH3 is 1. The van der Waals surface area contributed by atoms with E-state index in [2.05, 4.69) is 5.32 Å². The summed E-state index contributed by atoms with van der Waals surface area (Å²) in [5, 5.41) is 3.62. The Morgan fingerprint density at radius 3 is 2.83 bits per heavy atom. The first-order valence-electron chi connectivity index (χ1n) is 7.74. The van der Waals surface area contributed by atoms with Crippen molar-refractivity contribution >= 4 is 17.5 Å². The first-order valence-corrected chi connectivity index (χ1v) is 8.12. The van der Waals surface area contributed by atoms with Gasteiger partial charge in [-0.1, -0.05) is 23.7 Å². The highest BCUT2D eigenvalue weighted by molar-refractivity contribution is 6.30. The monoisotopic (exact) mass is 348 g/mol. The lowest BCUT2D eigenvalue weighted by atomic mass is 10.1. The van der Waals surface area contributed by atoms with E-state index in [1.165, 1.54) is 16.7 Å². The molecule has 1 amide bonds. The number of aromatic nitrogens is 1. The molecular weight excluding hydrogens is 328 g/mol. The van der Waals surface area contributed by atoms with Gasteiger partial charge in [0.1, 0.15) is 0 Å². The number of benzene rings is 1. The van der Waals surface area contributed by atoms with E-state index in [1.807, 2.05) is 31.2 Å². The second-order valence-corrected chi connectivity index (χ2v) is 6.09. The molecule has 0 bridgehead atoms. The predicted octanol–water partition coefficient (Wildman–Crippen LogP) is 2.51. The van der Waals surface area contributed by atoms with Gasteiger partial charge < -0.3 is 14.6 Å². The molecule has 0 aliphatic heterocycles. The second kappa shape index (κ2) is 8.66. The van der Waals surface area contributed by atoms with E-state index in [-0.39, 0.29) is 17.5 Å². The molecule has 1 atom stereocenters. The molecule has 0 unspecified atom stereocenters. The summed E-state index contributed by atoms with van der Waals surface area (Å²) < 4.78 is 6.44. The van der Waals surface area contributed by atoms with Crippen LogP contribution in [0, 0.1) is 0 Å². The Morgan fingerprint density at radius 1 is 1.33 bits per heavy atom. The summed E-state index contributed by atoms with van der Waals surface area (Å²) in [7, 11) is 1.57. The summed E-state index contributed by atoms with van der Waals surface area (Å²) in [5.74, 6) is -0.212. The number of rotatable bonds is 7. The van der Waals surface area contributed by atoms with Crippen molar-refractivity contribution < 1.29 is 9.53 Å².